The van der Waals surface area contributed by atoms with Gasteiger partial charge in [-0.2, -0.15) is 4.31 Å². The molecule has 2 aromatic rings. The van der Waals surface area contributed by atoms with Crippen molar-refractivity contribution in [2.24, 2.45) is 0 Å². The number of carbonyl (C=O) groups excluding carboxylic acids is 1. The van der Waals surface area contributed by atoms with E-state index in [-0.39, 0.29) is 16.8 Å². The van der Waals surface area contributed by atoms with Crippen LogP contribution in [0.2, 0.25) is 0 Å². The average molecular weight is 417 g/mol. The molecule has 0 spiro atoms. The number of aryl methyl sites for hydroxylation is 2. The lowest BCUT2D eigenvalue weighted by molar-refractivity contribution is 0.0730. The molecule has 1 saturated heterocycles. The van der Waals surface area contributed by atoms with Gasteiger partial charge in [-0.3, -0.25) is 4.79 Å². The minimum absolute atomic E-state index is 0.135. The molecule has 156 valence electrons. The summed E-state index contributed by atoms with van der Waals surface area (Å²) in [6.07, 6.45) is 0.736. The fourth-order valence-corrected chi connectivity index (χ4v) is 5.07. The molecule has 3 rings (SSSR count). The molecular formula is C22H28N2O4S. The lowest BCUT2D eigenvalue weighted by Crippen LogP contribution is -2.41. The Bertz CT molecular complexity index is 965. The molecule has 0 bridgehead atoms. The van der Waals surface area contributed by atoms with Gasteiger partial charge in [-0.1, -0.05) is 42.8 Å². The summed E-state index contributed by atoms with van der Waals surface area (Å²) >= 11 is 0. The molecule has 0 unspecified atom stereocenters. The molecule has 0 radical (unpaired) electrons. The maximum absolute atomic E-state index is 13.1. The van der Waals surface area contributed by atoms with Gasteiger partial charge < -0.3 is 10.1 Å². The summed E-state index contributed by atoms with van der Waals surface area (Å²) in [5.41, 5.74) is 3.15. The lowest BCUT2D eigenvalue weighted by atomic mass is 10.0. The number of amides is 1. The summed E-state index contributed by atoms with van der Waals surface area (Å²) in [5, 5.41) is 3.03. The molecule has 0 saturated carbocycles. The number of benzene rings is 2. The third kappa shape index (κ3) is 4.86. The topological polar surface area (TPSA) is 75.7 Å². The second-order valence-corrected chi connectivity index (χ2v) is 9.25. The van der Waals surface area contributed by atoms with E-state index in [0.29, 0.717) is 37.4 Å². The van der Waals surface area contributed by atoms with Crippen LogP contribution in [0.25, 0.3) is 0 Å². The number of nitrogens with one attached hydrogen (secondary N) is 1. The van der Waals surface area contributed by atoms with Crippen molar-refractivity contribution in [2.75, 3.05) is 26.3 Å². The Balaban J connectivity index is 1.84. The van der Waals surface area contributed by atoms with Crippen LogP contribution in [0.5, 0.6) is 0 Å². The predicted octanol–water partition coefficient (Wildman–Crippen LogP) is 3.21. The molecule has 1 N–H and O–H groups in total. The Morgan fingerprint density at radius 1 is 1.10 bits per heavy atom. The van der Waals surface area contributed by atoms with Crippen LogP contribution >= 0.6 is 0 Å². The zero-order chi connectivity index (χ0) is 21.0. The molecule has 0 aromatic heterocycles. The van der Waals surface area contributed by atoms with Crippen LogP contribution in [0.1, 0.15) is 46.4 Å². The van der Waals surface area contributed by atoms with Gasteiger partial charge in [-0.05, 0) is 43.5 Å². The Kier molecular flexibility index (Phi) is 6.72. The van der Waals surface area contributed by atoms with E-state index in [2.05, 4.69) is 5.32 Å². The van der Waals surface area contributed by atoms with E-state index in [1.54, 1.807) is 19.1 Å². The summed E-state index contributed by atoms with van der Waals surface area (Å²) in [4.78, 5) is 13.1. The smallest absolute Gasteiger partial charge is 0.251 e. The van der Waals surface area contributed by atoms with Gasteiger partial charge in [0.1, 0.15) is 0 Å². The first kappa shape index (κ1) is 21.5. The SMILES string of the molecule is CC[C@H](NC(=O)c1ccc(C)c(S(=O)(=O)N2CCOCC2)c1)c1ccc(C)cc1. The largest absolute Gasteiger partial charge is 0.379 e. The number of carbonyl (C=O) groups is 1. The molecule has 1 aliphatic heterocycles. The number of nitrogens with zero attached hydrogens (tertiary/aromatic N) is 1. The molecule has 1 fully saturated rings. The van der Waals surface area contributed by atoms with E-state index in [0.717, 1.165) is 17.5 Å². The van der Waals surface area contributed by atoms with Crippen LogP contribution in [-0.2, 0) is 14.8 Å². The van der Waals surface area contributed by atoms with Crippen molar-refractivity contribution in [2.45, 2.75) is 38.1 Å². The number of morpholine rings is 1. The minimum atomic E-state index is -3.67. The molecule has 0 aliphatic carbocycles. The van der Waals surface area contributed by atoms with Gasteiger partial charge in [-0.15, -0.1) is 0 Å². The Morgan fingerprint density at radius 2 is 1.76 bits per heavy atom. The number of hydrogen-bond donors (Lipinski definition) is 1. The summed E-state index contributed by atoms with van der Waals surface area (Å²) in [6.45, 7) is 7.18. The highest BCUT2D eigenvalue weighted by Crippen LogP contribution is 2.23. The van der Waals surface area contributed by atoms with E-state index in [1.165, 1.54) is 10.4 Å². The maximum atomic E-state index is 13.1. The lowest BCUT2D eigenvalue weighted by Gasteiger charge is -2.27. The van der Waals surface area contributed by atoms with Crippen LogP contribution in [-0.4, -0.2) is 44.9 Å². The number of hydrogen-bond acceptors (Lipinski definition) is 4. The predicted molar refractivity (Wildman–Crippen MR) is 112 cm³/mol. The second-order valence-electron chi connectivity index (χ2n) is 7.34. The van der Waals surface area contributed by atoms with E-state index in [4.69, 9.17) is 4.74 Å². The van der Waals surface area contributed by atoms with E-state index >= 15 is 0 Å². The zero-order valence-corrected chi connectivity index (χ0v) is 18.0. The molecule has 1 heterocycles. The molecule has 1 amide bonds. The maximum Gasteiger partial charge on any atom is 0.251 e. The molecular weight excluding hydrogens is 388 g/mol. The molecule has 2 aromatic carbocycles. The van der Waals surface area contributed by atoms with E-state index < -0.39 is 10.0 Å². The second kappa shape index (κ2) is 9.07. The summed E-state index contributed by atoms with van der Waals surface area (Å²) in [5.74, 6) is -0.282. The number of ether oxygens (including phenoxy) is 1. The van der Waals surface area contributed by atoms with Gasteiger partial charge in [0.05, 0.1) is 24.2 Å². The van der Waals surface area contributed by atoms with Gasteiger partial charge >= 0.3 is 0 Å². The first-order chi connectivity index (χ1) is 13.8. The molecule has 1 aliphatic rings. The van der Waals surface area contributed by atoms with Crippen molar-refractivity contribution in [3.8, 4) is 0 Å². The first-order valence-corrected chi connectivity index (χ1v) is 11.3. The van der Waals surface area contributed by atoms with Crippen LogP contribution < -0.4 is 5.32 Å². The van der Waals surface area contributed by atoms with Crippen LogP contribution in [0.15, 0.2) is 47.4 Å². The molecule has 1 atom stereocenters. The highest BCUT2D eigenvalue weighted by molar-refractivity contribution is 7.89. The van der Waals surface area contributed by atoms with Gasteiger partial charge in [0.15, 0.2) is 0 Å². The quantitative estimate of drug-likeness (QED) is 0.785. The van der Waals surface area contributed by atoms with Gasteiger partial charge in [0.25, 0.3) is 5.91 Å². The third-order valence-electron chi connectivity index (χ3n) is 5.23. The van der Waals surface area contributed by atoms with Crippen molar-refractivity contribution < 1.29 is 17.9 Å². The highest BCUT2D eigenvalue weighted by Gasteiger charge is 2.28. The van der Waals surface area contributed by atoms with Crippen molar-refractivity contribution in [3.63, 3.8) is 0 Å². The Hall–Kier alpha value is -2.22. The monoisotopic (exact) mass is 416 g/mol. The zero-order valence-electron chi connectivity index (χ0n) is 17.1. The van der Waals surface area contributed by atoms with E-state index in [1.807, 2.05) is 38.1 Å². The standard InChI is InChI=1S/C22H28N2O4S/c1-4-20(18-8-5-16(2)6-9-18)23-22(25)19-10-7-17(3)21(15-19)29(26,27)24-11-13-28-14-12-24/h5-10,15,20H,4,11-14H2,1-3H3,(H,23,25)/t20-/m0/s1. The third-order valence-corrected chi connectivity index (χ3v) is 7.27. The minimum Gasteiger partial charge on any atom is -0.379 e. The summed E-state index contributed by atoms with van der Waals surface area (Å²) < 4.78 is 32.8. The van der Waals surface area contributed by atoms with Crippen molar-refractivity contribution in [3.05, 3.63) is 64.7 Å². The molecule has 7 heteroatoms. The van der Waals surface area contributed by atoms with E-state index in [9.17, 15) is 13.2 Å². The number of sulfonamides is 1. The fourth-order valence-electron chi connectivity index (χ4n) is 3.41. The van der Waals surface area contributed by atoms with Crippen LogP contribution in [0.3, 0.4) is 0 Å². The van der Waals surface area contributed by atoms with Gasteiger partial charge in [-0.25, -0.2) is 8.42 Å². The normalized spacial score (nSPS) is 16.4. The molecule has 29 heavy (non-hydrogen) atoms. The van der Waals surface area contributed by atoms with Crippen molar-refractivity contribution >= 4 is 15.9 Å². The summed E-state index contributed by atoms with van der Waals surface area (Å²) in [7, 11) is -3.67. The Morgan fingerprint density at radius 3 is 2.38 bits per heavy atom. The first-order valence-electron chi connectivity index (χ1n) is 9.89. The highest BCUT2D eigenvalue weighted by atomic mass is 32.2. The van der Waals surface area contributed by atoms with Crippen molar-refractivity contribution in [1.82, 2.24) is 9.62 Å². The fraction of sp³-hybridized carbons (Fsp3) is 0.409. The number of rotatable bonds is 6. The van der Waals surface area contributed by atoms with Gasteiger partial charge in [0, 0.05) is 18.7 Å². The van der Waals surface area contributed by atoms with Crippen molar-refractivity contribution in [1.29, 1.82) is 0 Å². The molecule has 6 nitrogen and oxygen atoms in total. The van der Waals surface area contributed by atoms with Gasteiger partial charge in [0.2, 0.25) is 10.0 Å². The van der Waals surface area contributed by atoms with Crippen LogP contribution in [0, 0.1) is 13.8 Å². The van der Waals surface area contributed by atoms with Crippen LogP contribution in [0.4, 0.5) is 0 Å². The average Bonchev–Trinajstić information content (AvgIpc) is 2.73. The summed E-state index contributed by atoms with van der Waals surface area (Å²) in [6, 6.07) is 12.8. The Labute approximate surface area is 172 Å².